The van der Waals surface area contributed by atoms with Gasteiger partial charge in [-0.3, -0.25) is 14.3 Å². The molecule has 8 nitrogen and oxygen atoms in total. The molecular weight excluding hydrogens is 550 g/mol. The first-order valence-corrected chi connectivity index (χ1v) is 16.8. The second-order valence-electron chi connectivity index (χ2n) is 11.2. The molecule has 0 atom stereocenters. The van der Waals surface area contributed by atoms with Crippen LogP contribution in [0.1, 0.15) is 24.2 Å². The first-order chi connectivity index (χ1) is 19.1. The molecule has 0 amide bonds. The Labute approximate surface area is 240 Å². The van der Waals surface area contributed by atoms with Crippen LogP contribution in [0.4, 0.5) is 0 Å². The van der Waals surface area contributed by atoms with Crippen LogP contribution in [-0.2, 0) is 34.0 Å². The zero-order chi connectivity index (χ0) is 28.4. The van der Waals surface area contributed by atoms with E-state index in [1.807, 2.05) is 30.3 Å². The van der Waals surface area contributed by atoms with Crippen LogP contribution in [0.3, 0.4) is 0 Å². The Morgan fingerprint density at radius 1 is 1.12 bits per heavy atom. The van der Waals surface area contributed by atoms with E-state index in [4.69, 9.17) is 25.8 Å². The van der Waals surface area contributed by atoms with E-state index < -0.39 is 16.0 Å². The van der Waals surface area contributed by atoms with Gasteiger partial charge < -0.3 is 18.8 Å². The minimum absolute atomic E-state index is 0.149. The molecule has 0 spiro atoms. The van der Waals surface area contributed by atoms with Gasteiger partial charge >= 0.3 is 5.97 Å². The Hall–Kier alpha value is -3.01. The normalized spacial score (nSPS) is 14.1. The van der Waals surface area contributed by atoms with Crippen LogP contribution in [-0.4, -0.2) is 65.2 Å². The number of aromatic nitrogens is 3. The van der Waals surface area contributed by atoms with Gasteiger partial charge in [-0.2, -0.15) is 5.10 Å². The summed E-state index contributed by atoms with van der Waals surface area (Å²) in [5.74, 6) is 1.77. The molecule has 5 rings (SSSR count). The van der Waals surface area contributed by atoms with Crippen molar-refractivity contribution in [3.63, 3.8) is 0 Å². The molecule has 0 unspecified atom stereocenters. The minimum Gasteiger partial charge on any atom is -0.492 e. The largest absolute Gasteiger partial charge is 0.492 e. The topological polar surface area (TPSA) is 84.6 Å². The molecule has 1 saturated carbocycles. The molecule has 214 valence electrons. The first-order valence-electron chi connectivity index (χ1n) is 13.4. The Morgan fingerprint density at radius 3 is 2.62 bits per heavy atom. The fourth-order valence-electron chi connectivity index (χ4n) is 4.56. The van der Waals surface area contributed by atoms with E-state index >= 15 is 0 Å². The van der Waals surface area contributed by atoms with Crippen LogP contribution in [0.5, 0.6) is 5.75 Å². The molecule has 0 saturated heterocycles. The second kappa shape index (κ2) is 11.8. The summed E-state index contributed by atoms with van der Waals surface area (Å²) in [6.45, 7) is 2.03. The number of nitrogens with zero attached hydrogens (tertiary/aromatic N) is 3. The standard InChI is InChI=1S/C30H36ClN3O5S/c1-37-29(35)15-25-30(36)23-7-5-6-8-26(23)34(32-25)17-22-13-21-14-24(31)28(39-18-20-9-10-20)16-27(21)33(22)19-38-11-12-40(2,3)4/h5-8,13-14,16,20H,9-12,15,17-19H2,1-4H3. The average Bonchev–Trinajstić information content (AvgIpc) is 3.69. The van der Waals surface area contributed by atoms with Gasteiger partial charge in [0.15, 0.2) is 0 Å². The lowest BCUT2D eigenvalue weighted by Gasteiger charge is -2.25. The number of carbonyl (C=O) groups is 1. The summed E-state index contributed by atoms with van der Waals surface area (Å²) in [6, 6.07) is 13.3. The number of esters is 1. The lowest BCUT2D eigenvalue weighted by Crippen LogP contribution is -2.23. The molecule has 0 aliphatic heterocycles. The maximum atomic E-state index is 13.1. The maximum Gasteiger partial charge on any atom is 0.311 e. The molecule has 2 aromatic carbocycles. The number of benzene rings is 2. The van der Waals surface area contributed by atoms with Crippen LogP contribution >= 0.6 is 21.6 Å². The van der Waals surface area contributed by atoms with Crippen molar-refractivity contribution in [1.29, 1.82) is 0 Å². The Balaban J connectivity index is 1.55. The van der Waals surface area contributed by atoms with Crippen molar-refractivity contribution in [2.24, 2.45) is 5.92 Å². The van der Waals surface area contributed by atoms with Crippen molar-refractivity contribution in [1.82, 2.24) is 14.3 Å². The van der Waals surface area contributed by atoms with Crippen molar-refractivity contribution in [2.45, 2.75) is 32.5 Å². The van der Waals surface area contributed by atoms with Gasteiger partial charge in [-0.25, -0.2) is 10.0 Å². The third-order valence-electron chi connectivity index (χ3n) is 7.05. The molecule has 4 aromatic rings. The minimum atomic E-state index is -0.687. The lowest BCUT2D eigenvalue weighted by atomic mass is 10.1. The molecule has 1 aliphatic carbocycles. The smallest absolute Gasteiger partial charge is 0.311 e. The summed E-state index contributed by atoms with van der Waals surface area (Å²) >= 11 is 6.63. The quantitative estimate of drug-likeness (QED) is 0.167. The van der Waals surface area contributed by atoms with E-state index in [-0.39, 0.29) is 17.5 Å². The van der Waals surface area contributed by atoms with Crippen molar-refractivity contribution in [3.05, 3.63) is 69.1 Å². The van der Waals surface area contributed by atoms with Gasteiger partial charge in [0.25, 0.3) is 0 Å². The highest BCUT2D eigenvalue weighted by molar-refractivity contribution is 8.32. The summed E-state index contributed by atoms with van der Waals surface area (Å²) in [6.07, 6.45) is 9.02. The summed E-state index contributed by atoms with van der Waals surface area (Å²) in [7, 11) is 0.614. The van der Waals surface area contributed by atoms with Crippen molar-refractivity contribution in [2.75, 3.05) is 44.8 Å². The number of para-hydroxylation sites is 1. The van der Waals surface area contributed by atoms with E-state index in [2.05, 4.69) is 34.5 Å². The number of halogens is 1. The van der Waals surface area contributed by atoms with Crippen LogP contribution in [0.25, 0.3) is 21.8 Å². The predicted octanol–water partition coefficient (Wildman–Crippen LogP) is 5.23. The number of methoxy groups -OCH3 is 1. The Kier molecular flexibility index (Phi) is 8.44. The molecular formula is C30H36ClN3O5S. The zero-order valence-electron chi connectivity index (χ0n) is 23.4. The second-order valence-corrected chi connectivity index (χ2v) is 16.2. The third-order valence-corrected chi connectivity index (χ3v) is 8.74. The molecule has 2 heterocycles. The molecule has 1 fully saturated rings. The summed E-state index contributed by atoms with van der Waals surface area (Å²) in [5.41, 5.74) is 2.44. The summed E-state index contributed by atoms with van der Waals surface area (Å²) in [5, 5.41) is 6.65. The van der Waals surface area contributed by atoms with E-state index in [1.165, 1.54) is 20.0 Å². The molecule has 2 aromatic heterocycles. The van der Waals surface area contributed by atoms with Crippen LogP contribution in [0.15, 0.2) is 47.3 Å². The molecule has 10 heteroatoms. The number of rotatable bonds is 12. The van der Waals surface area contributed by atoms with Crippen molar-refractivity contribution < 1.29 is 19.0 Å². The van der Waals surface area contributed by atoms with E-state index in [0.717, 1.165) is 22.3 Å². The molecule has 1 aliphatic rings. The van der Waals surface area contributed by atoms with Gasteiger partial charge in [-0.1, -0.05) is 23.7 Å². The molecule has 0 N–H and O–H groups in total. The van der Waals surface area contributed by atoms with Crippen molar-refractivity contribution in [3.8, 4) is 5.75 Å². The predicted molar refractivity (Wildman–Crippen MR) is 162 cm³/mol. The zero-order valence-corrected chi connectivity index (χ0v) is 25.0. The van der Waals surface area contributed by atoms with Crippen LogP contribution < -0.4 is 10.2 Å². The highest BCUT2D eigenvalue weighted by atomic mass is 35.5. The highest BCUT2D eigenvalue weighted by Crippen LogP contribution is 2.36. The fraction of sp³-hybridized carbons (Fsp3) is 0.433. The average molecular weight is 586 g/mol. The monoisotopic (exact) mass is 585 g/mol. The molecule has 40 heavy (non-hydrogen) atoms. The maximum absolute atomic E-state index is 13.1. The number of carbonyl (C=O) groups excluding carboxylic acids is 1. The van der Waals surface area contributed by atoms with E-state index in [1.54, 1.807) is 10.7 Å². The highest BCUT2D eigenvalue weighted by Gasteiger charge is 2.23. The van der Waals surface area contributed by atoms with Gasteiger partial charge in [0, 0.05) is 28.3 Å². The van der Waals surface area contributed by atoms with Gasteiger partial charge in [-0.15, -0.1) is 0 Å². The number of ether oxygens (including phenoxy) is 3. The Morgan fingerprint density at radius 2 is 1.90 bits per heavy atom. The summed E-state index contributed by atoms with van der Waals surface area (Å²) < 4.78 is 21.0. The van der Waals surface area contributed by atoms with Gasteiger partial charge in [0.1, 0.15) is 18.2 Å². The fourth-order valence-corrected chi connectivity index (χ4v) is 5.40. The number of hydrogen-bond acceptors (Lipinski definition) is 6. The lowest BCUT2D eigenvalue weighted by molar-refractivity contribution is -0.139. The first kappa shape index (κ1) is 28.5. The SMILES string of the molecule is COC(=O)Cc1nn(Cc2cc3cc(Cl)c(OCC4CC4)cc3n2COCCS(C)(C)C)c2ccccc2c1=O. The van der Waals surface area contributed by atoms with Crippen LogP contribution in [0, 0.1) is 5.92 Å². The third kappa shape index (κ3) is 6.65. The molecule has 0 bridgehead atoms. The van der Waals surface area contributed by atoms with Crippen LogP contribution in [0.2, 0.25) is 5.02 Å². The van der Waals surface area contributed by atoms with Gasteiger partial charge in [0.2, 0.25) is 5.43 Å². The number of hydrogen-bond donors (Lipinski definition) is 0. The van der Waals surface area contributed by atoms with Gasteiger partial charge in [0.05, 0.1) is 49.3 Å². The van der Waals surface area contributed by atoms with Crippen molar-refractivity contribution >= 4 is 49.4 Å². The summed E-state index contributed by atoms with van der Waals surface area (Å²) in [4.78, 5) is 25.1. The number of fused-ring (bicyclic) bond motifs is 2. The molecule has 0 radical (unpaired) electrons. The van der Waals surface area contributed by atoms with E-state index in [0.29, 0.717) is 54.1 Å². The van der Waals surface area contributed by atoms with Gasteiger partial charge in [-0.05, 0) is 61.8 Å². The van der Waals surface area contributed by atoms with E-state index in [9.17, 15) is 9.59 Å². The Bertz CT molecular complexity index is 1600.